The Morgan fingerprint density at radius 2 is 1.75 bits per heavy atom. The van der Waals surface area contributed by atoms with Gasteiger partial charge >= 0.3 is 0 Å². The van der Waals surface area contributed by atoms with Gasteiger partial charge in [-0.05, 0) is 18.4 Å². The molecule has 1 aromatic carbocycles. The average molecular weight is 354 g/mol. The fraction of sp³-hybridized carbons (Fsp3) is 0.500. The Balaban J connectivity index is 1.78. The molecule has 2 N–H and O–H groups in total. The van der Waals surface area contributed by atoms with Gasteiger partial charge in [0.05, 0.1) is 11.9 Å². The van der Waals surface area contributed by atoms with E-state index in [9.17, 15) is 23.1 Å². The Labute approximate surface area is 141 Å². The average Bonchev–Trinajstić information content (AvgIpc) is 2.54. The van der Waals surface area contributed by atoms with Gasteiger partial charge in [-0.2, -0.15) is 0 Å². The molecule has 132 valence electrons. The molecular weight excluding hydrogens is 332 g/mol. The van der Waals surface area contributed by atoms with Crippen molar-refractivity contribution in [3.05, 3.63) is 35.9 Å². The van der Waals surface area contributed by atoms with Gasteiger partial charge < -0.3 is 5.11 Å². The van der Waals surface area contributed by atoms with E-state index in [2.05, 4.69) is 4.72 Å². The molecule has 1 atom stereocenters. The second-order valence-corrected chi connectivity index (χ2v) is 7.73. The molecule has 8 heteroatoms. The second kappa shape index (κ2) is 8.36. The molecule has 2 rings (SSSR count). The molecule has 2 amide bonds. The molecule has 1 heterocycles. The van der Waals surface area contributed by atoms with Crippen LogP contribution in [0.25, 0.3) is 0 Å². The first kappa shape index (κ1) is 18.6. The normalized spacial score (nSPS) is 17.1. The Kier molecular flexibility index (Phi) is 6.47. The molecule has 24 heavy (non-hydrogen) atoms. The van der Waals surface area contributed by atoms with Gasteiger partial charge in [0.2, 0.25) is 21.8 Å². The van der Waals surface area contributed by atoms with E-state index in [0.29, 0.717) is 12.8 Å². The van der Waals surface area contributed by atoms with Gasteiger partial charge in [0, 0.05) is 25.9 Å². The third kappa shape index (κ3) is 5.70. The van der Waals surface area contributed by atoms with Gasteiger partial charge in [0.15, 0.2) is 0 Å². The number of sulfonamides is 1. The van der Waals surface area contributed by atoms with Crippen molar-refractivity contribution < 1.29 is 23.1 Å². The summed E-state index contributed by atoms with van der Waals surface area (Å²) in [4.78, 5) is 24.3. The first-order chi connectivity index (χ1) is 11.4. The van der Waals surface area contributed by atoms with Crippen LogP contribution in [0, 0.1) is 0 Å². The fourth-order valence-electron chi connectivity index (χ4n) is 2.51. The van der Waals surface area contributed by atoms with Gasteiger partial charge in [-0.15, -0.1) is 0 Å². The largest absolute Gasteiger partial charge is 0.391 e. The molecule has 0 aromatic heterocycles. The molecule has 0 aliphatic carbocycles. The van der Waals surface area contributed by atoms with E-state index in [4.69, 9.17) is 0 Å². The Morgan fingerprint density at radius 3 is 2.38 bits per heavy atom. The molecule has 1 unspecified atom stereocenters. The van der Waals surface area contributed by atoms with E-state index in [-0.39, 0.29) is 43.5 Å². The van der Waals surface area contributed by atoms with Crippen LogP contribution in [-0.4, -0.2) is 55.2 Å². The smallest absolute Gasteiger partial charge is 0.229 e. The Morgan fingerprint density at radius 1 is 1.12 bits per heavy atom. The van der Waals surface area contributed by atoms with E-state index >= 15 is 0 Å². The number of benzene rings is 1. The van der Waals surface area contributed by atoms with Crippen LogP contribution < -0.4 is 4.72 Å². The van der Waals surface area contributed by atoms with Crippen molar-refractivity contribution in [2.45, 2.75) is 31.8 Å². The first-order valence-corrected chi connectivity index (χ1v) is 9.55. The van der Waals surface area contributed by atoms with Crippen molar-refractivity contribution in [3.8, 4) is 0 Å². The molecule has 7 nitrogen and oxygen atoms in total. The van der Waals surface area contributed by atoms with E-state index in [1.165, 1.54) is 0 Å². The summed E-state index contributed by atoms with van der Waals surface area (Å²) in [5, 5.41) is 9.92. The summed E-state index contributed by atoms with van der Waals surface area (Å²) < 4.78 is 26.3. The van der Waals surface area contributed by atoms with Crippen LogP contribution in [0.4, 0.5) is 0 Å². The van der Waals surface area contributed by atoms with Crippen LogP contribution in [-0.2, 0) is 26.0 Å². The fourth-order valence-corrected chi connectivity index (χ4v) is 3.53. The van der Waals surface area contributed by atoms with Crippen molar-refractivity contribution in [2.24, 2.45) is 0 Å². The van der Waals surface area contributed by atoms with Crippen LogP contribution in [0.5, 0.6) is 0 Å². The molecule has 1 saturated heterocycles. The van der Waals surface area contributed by atoms with Gasteiger partial charge in [0.25, 0.3) is 0 Å². The van der Waals surface area contributed by atoms with E-state index in [1.54, 1.807) is 0 Å². The number of hydrogen-bond donors (Lipinski definition) is 2. The minimum Gasteiger partial charge on any atom is -0.391 e. The lowest BCUT2D eigenvalue weighted by molar-refractivity contribution is -0.147. The number of carbonyl (C=O) groups is 2. The van der Waals surface area contributed by atoms with Crippen LogP contribution >= 0.6 is 0 Å². The molecule has 1 aromatic rings. The summed E-state index contributed by atoms with van der Waals surface area (Å²) >= 11 is 0. The lowest BCUT2D eigenvalue weighted by Gasteiger charge is -2.24. The maximum Gasteiger partial charge on any atom is 0.229 e. The number of nitrogens with one attached hydrogen (secondary N) is 1. The number of nitrogens with zero attached hydrogens (tertiary/aromatic N) is 1. The number of rotatable bonds is 8. The summed E-state index contributed by atoms with van der Waals surface area (Å²) in [6, 6.07) is 9.26. The minimum absolute atomic E-state index is 0.112. The quantitative estimate of drug-likeness (QED) is 0.642. The van der Waals surface area contributed by atoms with Gasteiger partial charge in [-0.25, -0.2) is 13.1 Å². The van der Waals surface area contributed by atoms with Crippen molar-refractivity contribution in [1.82, 2.24) is 9.62 Å². The summed E-state index contributed by atoms with van der Waals surface area (Å²) in [7, 11) is -3.67. The van der Waals surface area contributed by atoms with E-state index in [1.807, 2.05) is 30.3 Å². The van der Waals surface area contributed by atoms with Crippen molar-refractivity contribution in [3.63, 3.8) is 0 Å². The zero-order valence-corrected chi connectivity index (χ0v) is 14.2. The highest BCUT2D eigenvalue weighted by Gasteiger charge is 2.27. The summed E-state index contributed by atoms with van der Waals surface area (Å²) in [5.74, 6) is -1.01. The first-order valence-electron chi connectivity index (χ1n) is 7.90. The highest BCUT2D eigenvalue weighted by atomic mass is 32.2. The van der Waals surface area contributed by atoms with Gasteiger partial charge in [-0.3, -0.25) is 14.5 Å². The molecule has 0 bridgehead atoms. The predicted molar refractivity (Wildman–Crippen MR) is 88.5 cm³/mol. The van der Waals surface area contributed by atoms with Crippen molar-refractivity contribution in [2.75, 3.05) is 18.8 Å². The summed E-state index contributed by atoms with van der Waals surface area (Å²) in [6.45, 7) is -0.263. The number of aliphatic hydroxyl groups excluding tert-OH is 1. The maximum atomic E-state index is 12.0. The van der Waals surface area contributed by atoms with E-state index < -0.39 is 16.1 Å². The maximum absolute atomic E-state index is 12.0. The number of aliphatic hydroxyl groups is 1. The number of imide groups is 1. The standard InChI is InChI=1S/C16H22N2O5S/c19-14(11-13-5-2-1-3-6-13)12-17-24(22,23)10-9-18-15(20)7-4-8-16(18)21/h1-3,5-6,14,17,19H,4,7-12H2. The van der Waals surface area contributed by atoms with Crippen molar-refractivity contribution in [1.29, 1.82) is 0 Å². The predicted octanol–water partition coefficient (Wildman–Crippen LogP) is 0.0485. The zero-order valence-electron chi connectivity index (χ0n) is 13.3. The number of amides is 2. The second-order valence-electron chi connectivity index (χ2n) is 5.80. The number of likely N-dealkylation sites (tertiary alicyclic amines) is 1. The highest BCUT2D eigenvalue weighted by Crippen LogP contribution is 2.12. The zero-order chi connectivity index (χ0) is 17.6. The summed E-state index contributed by atoms with van der Waals surface area (Å²) in [6.07, 6.45) is 0.557. The molecule has 1 aliphatic rings. The SMILES string of the molecule is O=C1CCCC(=O)N1CCS(=O)(=O)NCC(O)Cc1ccccc1. The lowest BCUT2D eigenvalue weighted by Crippen LogP contribution is -2.44. The molecule has 0 radical (unpaired) electrons. The minimum atomic E-state index is -3.67. The van der Waals surface area contributed by atoms with E-state index in [0.717, 1.165) is 10.5 Å². The molecule has 1 aliphatic heterocycles. The highest BCUT2D eigenvalue weighted by molar-refractivity contribution is 7.89. The number of carbonyl (C=O) groups excluding carboxylic acids is 2. The monoisotopic (exact) mass is 354 g/mol. The Bertz CT molecular complexity index is 659. The number of hydrogen-bond acceptors (Lipinski definition) is 5. The molecule has 0 saturated carbocycles. The van der Waals surface area contributed by atoms with Gasteiger partial charge in [0.1, 0.15) is 0 Å². The van der Waals surface area contributed by atoms with Crippen molar-refractivity contribution >= 4 is 21.8 Å². The van der Waals surface area contributed by atoms with Crippen LogP contribution in [0.2, 0.25) is 0 Å². The lowest BCUT2D eigenvalue weighted by atomic mass is 10.1. The third-order valence-corrected chi connectivity index (χ3v) is 5.15. The van der Waals surface area contributed by atoms with Gasteiger partial charge in [-0.1, -0.05) is 30.3 Å². The molecular formula is C16H22N2O5S. The van der Waals surface area contributed by atoms with Crippen LogP contribution in [0.3, 0.4) is 0 Å². The van der Waals surface area contributed by atoms with Crippen LogP contribution in [0.1, 0.15) is 24.8 Å². The molecule has 1 fully saturated rings. The van der Waals surface area contributed by atoms with Crippen LogP contribution in [0.15, 0.2) is 30.3 Å². The summed E-state index contributed by atoms with van der Waals surface area (Å²) in [5.41, 5.74) is 0.911. The topological polar surface area (TPSA) is 104 Å². The Hall–Kier alpha value is -1.77. The third-order valence-electron chi connectivity index (χ3n) is 3.82. The number of piperidine rings is 1. The molecule has 0 spiro atoms.